The third kappa shape index (κ3) is 2.38. The van der Waals surface area contributed by atoms with E-state index in [0.717, 1.165) is 6.07 Å². The van der Waals surface area contributed by atoms with E-state index in [2.05, 4.69) is 0 Å². The first-order chi connectivity index (χ1) is 8.49. The number of ketones is 1. The molecule has 0 fully saturated rings. The molecule has 0 amide bonds. The summed E-state index contributed by atoms with van der Waals surface area (Å²) in [6.07, 6.45) is 0. The summed E-state index contributed by atoms with van der Waals surface area (Å²) in [5.74, 6) is -3.59. The zero-order chi connectivity index (χ0) is 13.3. The topological polar surface area (TPSA) is 17.1 Å². The Morgan fingerprint density at radius 1 is 1.00 bits per heavy atom. The smallest absolute Gasteiger partial charge is 0.194 e. The van der Waals surface area contributed by atoms with E-state index in [0.29, 0.717) is 12.1 Å². The van der Waals surface area contributed by atoms with E-state index in [-0.39, 0.29) is 16.1 Å². The molecule has 0 saturated carbocycles. The molecule has 0 aliphatic heterocycles. The third-order valence-electron chi connectivity index (χ3n) is 2.34. The summed E-state index contributed by atoms with van der Waals surface area (Å²) < 4.78 is 38.9. The summed E-state index contributed by atoms with van der Waals surface area (Å²) in [4.78, 5) is 11.9. The molecule has 0 saturated heterocycles. The van der Waals surface area contributed by atoms with Crippen molar-refractivity contribution >= 4 is 17.4 Å². The Balaban J connectivity index is 2.49. The third-order valence-corrected chi connectivity index (χ3v) is 2.65. The molecule has 92 valence electrons. The van der Waals surface area contributed by atoms with Crippen molar-refractivity contribution in [3.8, 4) is 0 Å². The SMILES string of the molecule is O=C(c1cccc(F)c1)c1cc(F)c(F)cc1Cl. The molecule has 0 heterocycles. The van der Waals surface area contributed by atoms with Crippen LogP contribution in [0.3, 0.4) is 0 Å². The molecule has 0 aromatic heterocycles. The molecule has 5 heteroatoms. The molecule has 18 heavy (non-hydrogen) atoms. The molecule has 0 aliphatic rings. The van der Waals surface area contributed by atoms with Crippen LogP contribution in [0.15, 0.2) is 36.4 Å². The molecular formula is C13H6ClF3O. The van der Waals surface area contributed by atoms with Gasteiger partial charge in [0, 0.05) is 11.1 Å². The highest BCUT2D eigenvalue weighted by molar-refractivity contribution is 6.35. The van der Waals surface area contributed by atoms with Gasteiger partial charge in [0.25, 0.3) is 0 Å². The van der Waals surface area contributed by atoms with E-state index >= 15 is 0 Å². The minimum atomic E-state index is -1.18. The van der Waals surface area contributed by atoms with Crippen molar-refractivity contribution < 1.29 is 18.0 Å². The Morgan fingerprint density at radius 2 is 1.67 bits per heavy atom. The fourth-order valence-electron chi connectivity index (χ4n) is 1.48. The van der Waals surface area contributed by atoms with Crippen LogP contribution in [0.4, 0.5) is 13.2 Å². The largest absolute Gasteiger partial charge is 0.289 e. The molecule has 0 spiro atoms. The Hall–Kier alpha value is -1.81. The summed E-state index contributed by atoms with van der Waals surface area (Å²) in [6, 6.07) is 6.29. The second-order valence-corrected chi connectivity index (χ2v) is 3.99. The molecule has 0 N–H and O–H groups in total. The molecule has 2 aromatic rings. The van der Waals surface area contributed by atoms with E-state index in [1.807, 2.05) is 0 Å². The van der Waals surface area contributed by atoms with Crippen LogP contribution in [0, 0.1) is 17.5 Å². The number of rotatable bonds is 2. The van der Waals surface area contributed by atoms with Crippen LogP contribution in [-0.2, 0) is 0 Å². The number of carbonyl (C=O) groups excluding carboxylic acids is 1. The summed E-state index contributed by atoms with van der Waals surface area (Å²) in [7, 11) is 0. The minimum absolute atomic E-state index is 0.0166. The van der Waals surface area contributed by atoms with Crippen molar-refractivity contribution in [2.24, 2.45) is 0 Å². The van der Waals surface area contributed by atoms with Gasteiger partial charge in [-0.2, -0.15) is 0 Å². The number of carbonyl (C=O) groups is 1. The van der Waals surface area contributed by atoms with Crippen LogP contribution in [0.25, 0.3) is 0 Å². The number of hydrogen-bond donors (Lipinski definition) is 0. The van der Waals surface area contributed by atoms with Crippen molar-refractivity contribution in [3.05, 3.63) is 70.0 Å². The van der Waals surface area contributed by atoms with E-state index in [9.17, 15) is 18.0 Å². The monoisotopic (exact) mass is 270 g/mol. The van der Waals surface area contributed by atoms with Gasteiger partial charge >= 0.3 is 0 Å². The quantitative estimate of drug-likeness (QED) is 0.596. The van der Waals surface area contributed by atoms with Crippen molar-refractivity contribution in [3.63, 3.8) is 0 Å². The number of halogens is 4. The van der Waals surface area contributed by atoms with Gasteiger partial charge in [0.05, 0.1) is 5.02 Å². The molecule has 0 bridgehead atoms. The van der Waals surface area contributed by atoms with E-state index in [4.69, 9.17) is 11.6 Å². The van der Waals surface area contributed by atoms with Gasteiger partial charge in [-0.1, -0.05) is 23.7 Å². The minimum Gasteiger partial charge on any atom is -0.289 e. The molecule has 2 aromatic carbocycles. The van der Waals surface area contributed by atoms with Gasteiger partial charge in [-0.05, 0) is 24.3 Å². The Kier molecular flexibility index (Phi) is 3.39. The van der Waals surface area contributed by atoms with Crippen LogP contribution in [0.2, 0.25) is 5.02 Å². The van der Waals surface area contributed by atoms with Gasteiger partial charge < -0.3 is 0 Å². The molecule has 0 radical (unpaired) electrons. The average molecular weight is 271 g/mol. The molecule has 0 aliphatic carbocycles. The normalized spacial score (nSPS) is 10.4. The lowest BCUT2D eigenvalue weighted by atomic mass is 10.0. The first-order valence-corrected chi connectivity index (χ1v) is 5.31. The highest BCUT2D eigenvalue weighted by atomic mass is 35.5. The summed E-state index contributed by atoms with van der Waals surface area (Å²) >= 11 is 5.66. The van der Waals surface area contributed by atoms with Crippen LogP contribution >= 0.6 is 11.6 Å². The Bertz CT molecular complexity index is 626. The average Bonchev–Trinajstić information content (AvgIpc) is 2.33. The van der Waals surface area contributed by atoms with Crippen molar-refractivity contribution in [1.82, 2.24) is 0 Å². The maximum absolute atomic E-state index is 13.1. The fourth-order valence-corrected chi connectivity index (χ4v) is 1.72. The summed E-state index contributed by atoms with van der Waals surface area (Å²) in [6.45, 7) is 0. The Labute approximate surface area is 106 Å². The first-order valence-electron chi connectivity index (χ1n) is 4.94. The molecule has 0 atom stereocenters. The van der Waals surface area contributed by atoms with Crippen LogP contribution in [-0.4, -0.2) is 5.78 Å². The lowest BCUT2D eigenvalue weighted by molar-refractivity contribution is 0.103. The fraction of sp³-hybridized carbons (Fsp3) is 0. The van der Waals surface area contributed by atoms with Crippen LogP contribution < -0.4 is 0 Å². The van der Waals surface area contributed by atoms with Gasteiger partial charge in [0.1, 0.15) is 5.82 Å². The van der Waals surface area contributed by atoms with Crippen molar-refractivity contribution in [2.75, 3.05) is 0 Å². The second kappa shape index (κ2) is 4.82. The lowest BCUT2D eigenvalue weighted by Gasteiger charge is -2.04. The Morgan fingerprint density at radius 3 is 2.33 bits per heavy atom. The van der Waals surface area contributed by atoms with Crippen LogP contribution in [0.1, 0.15) is 15.9 Å². The van der Waals surface area contributed by atoms with Gasteiger partial charge in [-0.3, -0.25) is 4.79 Å². The van der Waals surface area contributed by atoms with Gasteiger partial charge in [-0.25, -0.2) is 13.2 Å². The van der Waals surface area contributed by atoms with Crippen LogP contribution in [0.5, 0.6) is 0 Å². The lowest BCUT2D eigenvalue weighted by Crippen LogP contribution is -2.04. The molecule has 2 rings (SSSR count). The predicted octanol–water partition coefficient (Wildman–Crippen LogP) is 3.99. The summed E-state index contributed by atoms with van der Waals surface area (Å²) in [5, 5.41) is -0.219. The standard InChI is InChI=1S/C13H6ClF3O/c14-10-6-12(17)11(16)5-9(10)13(18)7-2-1-3-8(15)4-7/h1-6H. The van der Waals surface area contributed by atoms with Gasteiger partial charge in [0.15, 0.2) is 17.4 Å². The number of hydrogen-bond acceptors (Lipinski definition) is 1. The van der Waals surface area contributed by atoms with Gasteiger partial charge in [0.2, 0.25) is 0 Å². The zero-order valence-electron chi connectivity index (χ0n) is 8.88. The molecule has 0 unspecified atom stereocenters. The molecule has 1 nitrogen and oxygen atoms in total. The van der Waals surface area contributed by atoms with E-state index in [1.54, 1.807) is 0 Å². The zero-order valence-corrected chi connectivity index (χ0v) is 9.64. The second-order valence-electron chi connectivity index (χ2n) is 3.59. The maximum Gasteiger partial charge on any atom is 0.194 e. The summed E-state index contributed by atoms with van der Waals surface area (Å²) in [5.41, 5.74) is -0.191. The van der Waals surface area contributed by atoms with Crippen molar-refractivity contribution in [1.29, 1.82) is 0 Å². The highest BCUT2D eigenvalue weighted by Crippen LogP contribution is 2.23. The van der Waals surface area contributed by atoms with E-state index < -0.39 is 23.2 Å². The maximum atomic E-state index is 13.1. The first kappa shape index (κ1) is 12.6. The predicted molar refractivity (Wildman–Crippen MR) is 61.2 cm³/mol. The molecular weight excluding hydrogens is 265 g/mol. The van der Waals surface area contributed by atoms with Crippen molar-refractivity contribution in [2.45, 2.75) is 0 Å². The number of benzene rings is 2. The highest BCUT2D eigenvalue weighted by Gasteiger charge is 2.16. The van der Waals surface area contributed by atoms with E-state index in [1.165, 1.54) is 18.2 Å². The van der Waals surface area contributed by atoms with Gasteiger partial charge in [-0.15, -0.1) is 0 Å².